The van der Waals surface area contributed by atoms with Gasteiger partial charge in [0, 0.05) is 30.8 Å². The minimum Gasteiger partial charge on any atom is -0.348 e. The van der Waals surface area contributed by atoms with Crippen LogP contribution in [0.5, 0.6) is 0 Å². The van der Waals surface area contributed by atoms with E-state index in [9.17, 15) is 18.0 Å². The van der Waals surface area contributed by atoms with Crippen molar-refractivity contribution < 1.29 is 18.0 Å². The number of carbonyl (C=O) groups is 1. The maximum absolute atomic E-state index is 13.2. The van der Waals surface area contributed by atoms with Crippen molar-refractivity contribution in [2.45, 2.75) is 18.6 Å². The van der Waals surface area contributed by atoms with E-state index in [0.717, 1.165) is 6.07 Å². The van der Waals surface area contributed by atoms with Gasteiger partial charge in [-0.05, 0) is 30.2 Å². The summed E-state index contributed by atoms with van der Waals surface area (Å²) in [5.74, 6) is -0.496. The normalized spacial score (nSPS) is 12.6. The summed E-state index contributed by atoms with van der Waals surface area (Å²) in [5.41, 5.74) is 6.46. The first-order chi connectivity index (χ1) is 14.6. The minimum absolute atomic E-state index is 0.0334. The molecule has 0 spiro atoms. The summed E-state index contributed by atoms with van der Waals surface area (Å²) >= 11 is 12.5. The number of nitrogens with one attached hydrogen (secondary N) is 1. The Morgan fingerprint density at radius 2 is 1.90 bits per heavy atom. The maximum atomic E-state index is 13.2. The van der Waals surface area contributed by atoms with Crippen molar-refractivity contribution in [3.63, 3.8) is 0 Å². The number of amides is 1. The standard InChI is InChI=1S/C21H19Cl2F3N4O/c1-30-19(18(23)11-28-30)15-7-6-13(9-17(15)22)20(31)29-14(10-27)8-12-4-2-3-5-16(12)21(24,25)26/h2-7,9,11,14H,8,10,27H2,1H3,(H,29,31). The summed E-state index contributed by atoms with van der Waals surface area (Å²) in [6.45, 7) is -0.0334. The number of nitrogens with two attached hydrogens (primary N) is 1. The molecule has 5 nitrogen and oxygen atoms in total. The van der Waals surface area contributed by atoms with E-state index in [0.29, 0.717) is 16.3 Å². The highest BCUT2D eigenvalue weighted by atomic mass is 35.5. The van der Waals surface area contributed by atoms with E-state index < -0.39 is 23.7 Å². The molecule has 1 amide bonds. The van der Waals surface area contributed by atoms with Gasteiger partial charge in [0.15, 0.2) is 0 Å². The molecule has 10 heteroatoms. The van der Waals surface area contributed by atoms with Crippen LogP contribution in [0.1, 0.15) is 21.5 Å². The molecule has 0 radical (unpaired) electrons. The van der Waals surface area contributed by atoms with Crippen LogP contribution >= 0.6 is 23.2 Å². The molecule has 164 valence electrons. The van der Waals surface area contributed by atoms with E-state index in [2.05, 4.69) is 10.4 Å². The van der Waals surface area contributed by atoms with Crippen LogP contribution in [0.15, 0.2) is 48.7 Å². The third kappa shape index (κ3) is 5.20. The Hall–Kier alpha value is -2.55. The molecule has 0 aliphatic carbocycles. The second-order valence-electron chi connectivity index (χ2n) is 6.92. The number of nitrogens with zero attached hydrogens (tertiary/aromatic N) is 2. The van der Waals surface area contributed by atoms with Crippen molar-refractivity contribution in [2.75, 3.05) is 6.54 Å². The smallest absolute Gasteiger partial charge is 0.348 e. The second-order valence-corrected chi connectivity index (χ2v) is 7.74. The molecule has 0 saturated carbocycles. The zero-order chi connectivity index (χ0) is 22.8. The van der Waals surface area contributed by atoms with Gasteiger partial charge >= 0.3 is 6.18 Å². The van der Waals surface area contributed by atoms with Gasteiger partial charge in [0.25, 0.3) is 5.91 Å². The molecule has 1 unspecified atom stereocenters. The van der Waals surface area contributed by atoms with E-state index in [4.69, 9.17) is 28.9 Å². The van der Waals surface area contributed by atoms with Gasteiger partial charge in [-0.15, -0.1) is 0 Å². The number of hydrogen-bond acceptors (Lipinski definition) is 3. The summed E-state index contributed by atoms with van der Waals surface area (Å²) < 4.78 is 41.3. The Morgan fingerprint density at radius 1 is 1.19 bits per heavy atom. The molecule has 3 N–H and O–H groups in total. The molecule has 0 fully saturated rings. The Balaban J connectivity index is 1.79. The first kappa shape index (κ1) is 23.1. The molecule has 1 aromatic heterocycles. The van der Waals surface area contributed by atoms with E-state index in [-0.39, 0.29) is 29.1 Å². The average Bonchev–Trinajstić information content (AvgIpc) is 3.05. The number of hydrogen-bond donors (Lipinski definition) is 2. The average molecular weight is 471 g/mol. The van der Waals surface area contributed by atoms with Gasteiger partial charge in [-0.1, -0.05) is 47.5 Å². The summed E-state index contributed by atoms with van der Waals surface area (Å²) in [4.78, 5) is 12.7. The third-order valence-corrected chi connectivity index (χ3v) is 5.38. The molecule has 0 aliphatic rings. The van der Waals surface area contributed by atoms with Gasteiger partial charge in [0.1, 0.15) is 0 Å². The van der Waals surface area contributed by atoms with Crippen LogP contribution in [0.3, 0.4) is 0 Å². The van der Waals surface area contributed by atoms with Crippen LogP contribution in [0.4, 0.5) is 13.2 Å². The molecule has 3 aromatic rings. The number of halogens is 5. The monoisotopic (exact) mass is 470 g/mol. The number of alkyl halides is 3. The van der Waals surface area contributed by atoms with Crippen molar-refractivity contribution in [1.29, 1.82) is 0 Å². The minimum atomic E-state index is -4.49. The first-order valence-corrected chi connectivity index (χ1v) is 10.0. The fourth-order valence-electron chi connectivity index (χ4n) is 3.26. The van der Waals surface area contributed by atoms with Crippen LogP contribution in [0, 0.1) is 0 Å². The van der Waals surface area contributed by atoms with Gasteiger partial charge in [0.2, 0.25) is 0 Å². The largest absolute Gasteiger partial charge is 0.416 e. The number of rotatable bonds is 6. The lowest BCUT2D eigenvalue weighted by Crippen LogP contribution is -2.42. The lowest BCUT2D eigenvalue weighted by Gasteiger charge is -2.20. The van der Waals surface area contributed by atoms with Crippen molar-refractivity contribution in [3.05, 3.63) is 75.4 Å². The fourth-order valence-corrected chi connectivity index (χ4v) is 3.80. The molecule has 1 heterocycles. The first-order valence-electron chi connectivity index (χ1n) is 9.25. The van der Waals surface area contributed by atoms with Crippen LogP contribution < -0.4 is 11.1 Å². The Bertz CT molecular complexity index is 1080. The van der Waals surface area contributed by atoms with E-state index >= 15 is 0 Å². The molecule has 0 saturated heterocycles. The summed E-state index contributed by atoms with van der Waals surface area (Å²) in [6, 6.07) is 9.18. The van der Waals surface area contributed by atoms with E-state index in [1.54, 1.807) is 23.9 Å². The summed E-state index contributed by atoms with van der Waals surface area (Å²) in [7, 11) is 1.71. The fraction of sp³-hybridized carbons (Fsp3) is 0.238. The third-order valence-electron chi connectivity index (χ3n) is 4.79. The molecule has 1 atom stereocenters. The Labute approximate surface area is 186 Å². The zero-order valence-electron chi connectivity index (χ0n) is 16.4. The molecule has 2 aromatic carbocycles. The number of carbonyl (C=O) groups excluding carboxylic acids is 1. The Kier molecular flexibility index (Phi) is 6.93. The highest BCUT2D eigenvalue weighted by Gasteiger charge is 2.33. The van der Waals surface area contributed by atoms with Gasteiger partial charge in [-0.2, -0.15) is 18.3 Å². The zero-order valence-corrected chi connectivity index (χ0v) is 17.9. The second kappa shape index (κ2) is 9.30. The molecule has 31 heavy (non-hydrogen) atoms. The quantitative estimate of drug-likeness (QED) is 0.547. The number of aryl methyl sites for hydroxylation is 1. The van der Waals surface area contributed by atoms with Crippen LogP contribution in [-0.4, -0.2) is 28.3 Å². The van der Waals surface area contributed by atoms with Crippen molar-refractivity contribution >= 4 is 29.1 Å². The van der Waals surface area contributed by atoms with Gasteiger partial charge in [-0.3, -0.25) is 9.48 Å². The Morgan fingerprint density at radius 3 is 2.48 bits per heavy atom. The number of aromatic nitrogens is 2. The molecular weight excluding hydrogens is 452 g/mol. The predicted octanol–water partition coefficient (Wildman–Crippen LogP) is 4.71. The topological polar surface area (TPSA) is 72.9 Å². The van der Waals surface area contributed by atoms with Gasteiger partial charge < -0.3 is 11.1 Å². The SMILES string of the molecule is Cn1ncc(Cl)c1-c1ccc(C(=O)NC(CN)Cc2ccccc2C(F)(F)F)cc1Cl. The molecular formula is C21H19Cl2F3N4O. The van der Waals surface area contributed by atoms with E-state index in [1.807, 2.05) is 0 Å². The highest BCUT2D eigenvalue weighted by molar-refractivity contribution is 6.36. The summed E-state index contributed by atoms with van der Waals surface area (Å²) in [5, 5.41) is 7.43. The molecule has 0 aliphatic heterocycles. The lowest BCUT2D eigenvalue weighted by atomic mass is 9.99. The van der Waals surface area contributed by atoms with Gasteiger partial charge in [0.05, 0.1) is 27.5 Å². The highest BCUT2D eigenvalue weighted by Crippen LogP contribution is 2.34. The van der Waals surface area contributed by atoms with Crippen LogP contribution in [-0.2, 0) is 19.6 Å². The van der Waals surface area contributed by atoms with Crippen LogP contribution in [0.25, 0.3) is 11.3 Å². The van der Waals surface area contributed by atoms with Gasteiger partial charge in [-0.25, -0.2) is 0 Å². The van der Waals surface area contributed by atoms with E-state index in [1.165, 1.54) is 30.5 Å². The predicted molar refractivity (Wildman–Crippen MR) is 114 cm³/mol. The van der Waals surface area contributed by atoms with Crippen molar-refractivity contribution in [2.24, 2.45) is 12.8 Å². The molecule has 0 bridgehead atoms. The van der Waals surface area contributed by atoms with Crippen molar-refractivity contribution in [1.82, 2.24) is 15.1 Å². The van der Waals surface area contributed by atoms with Crippen molar-refractivity contribution in [3.8, 4) is 11.3 Å². The number of benzene rings is 2. The lowest BCUT2D eigenvalue weighted by molar-refractivity contribution is -0.138. The molecule has 3 rings (SSSR count). The summed E-state index contributed by atoms with van der Waals surface area (Å²) in [6.07, 6.45) is -3.07. The van der Waals surface area contributed by atoms with Crippen LogP contribution in [0.2, 0.25) is 10.0 Å². The maximum Gasteiger partial charge on any atom is 0.416 e.